The molecular weight excluding hydrogens is 178 g/mol. The second-order valence-corrected chi connectivity index (χ2v) is 4.71. The van der Waals surface area contributed by atoms with Gasteiger partial charge in [-0.15, -0.1) is 0 Å². The molecule has 0 radical (unpaired) electrons. The Kier molecular flexibility index (Phi) is 3.07. The van der Waals surface area contributed by atoms with Gasteiger partial charge in [0.2, 0.25) is 0 Å². The van der Waals surface area contributed by atoms with Crippen molar-refractivity contribution in [1.82, 2.24) is 15.9 Å². The van der Waals surface area contributed by atoms with E-state index in [0.29, 0.717) is 24.0 Å². The topological polar surface area (TPSA) is 36.5 Å². The molecule has 4 heteroatoms. The van der Waals surface area contributed by atoms with Crippen LogP contribution in [0.3, 0.4) is 0 Å². The van der Waals surface area contributed by atoms with Gasteiger partial charge in [-0.05, 0) is 12.3 Å². The minimum Gasteiger partial charge on any atom is -0.298 e. The quantitative estimate of drug-likeness (QED) is 0.674. The third-order valence-electron chi connectivity index (χ3n) is 3.39. The summed E-state index contributed by atoms with van der Waals surface area (Å²) in [6.07, 6.45) is 1.53. The first kappa shape index (κ1) is 10.4. The van der Waals surface area contributed by atoms with Crippen molar-refractivity contribution in [2.45, 2.75) is 32.4 Å². The summed E-state index contributed by atoms with van der Waals surface area (Å²) in [4.78, 5) is 5.55. The van der Waals surface area contributed by atoms with Gasteiger partial charge in [0.25, 0.3) is 0 Å². The van der Waals surface area contributed by atoms with E-state index in [9.17, 15) is 0 Å². The first-order valence-electron chi connectivity index (χ1n) is 5.55. The van der Waals surface area contributed by atoms with Gasteiger partial charge in [-0.3, -0.25) is 10.3 Å². The lowest BCUT2D eigenvalue weighted by Crippen LogP contribution is -2.41. The van der Waals surface area contributed by atoms with Crippen molar-refractivity contribution in [2.75, 3.05) is 20.1 Å². The molecule has 0 aliphatic carbocycles. The predicted molar refractivity (Wildman–Crippen MR) is 55.4 cm³/mol. The molecule has 4 nitrogen and oxygen atoms in total. The molecule has 2 N–H and O–H groups in total. The maximum Gasteiger partial charge on any atom is 0.0859 e. The molecule has 0 aromatic heterocycles. The number of hydroxylamine groups is 1. The zero-order chi connectivity index (χ0) is 10.1. The van der Waals surface area contributed by atoms with E-state index in [1.54, 1.807) is 0 Å². The molecule has 2 fully saturated rings. The highest BCUT2D eigenvalue weighted by Crippen LogP contribution is 2.28. The van der Waals surface area contributed by atoms with Gasteiger partial charge in [0, 0.05) is 32.1 Å². The molecule has 2 aliphatic heterocycles. The van der Waals surface area contributed by atoms with Gasteiger partial charge < -0.3 is 0 Å². The zero-order valence-electron chi connectivity index (χ0n) is 9.29. The fourth-order valence-corrected chi connectivity index (χ4v) is 2.78. The Morgan fingerprint density at radius 1 is 1.43 bits per heavy atom. The molecule has 2 aliphatic rings. The first-order valence-corrected chi connectivity index (χ1v) is 5.55. The standard InChI is InChI=1S/C10H21N3O/c1-7(2)10-8(6-11-13(10)3)9-4-5-12-14-9/h7-12H,4-6H2,1-3H3. The number of hydrogen-bond acceptors (Lipinski definition) is 4. The summed E-state index contributed by atoms with van der Waals surface area (Å²) in [7, 11) is 2.13. The van der Waals surface area contributed by atoms with Crippen LogP contribution < -0.4 is 10.9 Å². The van der Waals surface area contributed by atoms with E-state index in [-0.39, 0.29) is 0 Å². The van der Waals surface area contributed by atoms with Crippen LogP contribution in [-0.2, 0) is 4.84 Å². The Labute approximate surface area is 85.9 Å². The Balaban J connectivity index is 2.02. The molecule has 2 saturated heterocycles. The third-order valence-corrected chi connectivity index (χ3v) is 3.39. The molecule has 3 unspecified atom stereocenters. The van der Waals surface area contributed by atoms with Crippen LogP contribution in [0.4, 0.5) is 0 Å². The molecule has 14 heavy (non-hydrogen) atoms. The van der Waals surface area contributed by atoms with Crippen LogP contribution in [0, 0.1) is 11.8 Å². The third kappa shape index (κ3) is 1.80. The predicted octanol–water partition coefficient (Wildman–Crippen LogP) is 0.371. The molecule has 2 rings (SSSR count). The van der Waals surface area contributed by atoms with Crippen molar-refractivity contribution < 1.29 is 4.84 Å². The van der Waals surface area contributed by atoms with Crippen molar-refractivity contribution in [3.05, 3.63) is 0 Å². The van der Waals surface area contributed by atoms with Gasteiger partial charge in [-0.2, -0.15) is 0 Å². The summed E-state index contributed by atoms with van der Waals surface area (Å²) in [6.45, 7) is 6.61. The van der Waals surface area contributed by atoms with Gasteiger partial charge in [-0.25, -0.2) is 10.5 Å². The monoisotopic (exact) mass is 199 g/mol. The van der Waals surface area contributed by atoms with Crippen molar-refractivity contribution in [3.8, 4) is 0 Å². The smallest absolute Gasteiger partial charge is 0.0859 e. The lowest BCUT2D eigenvalue weighted by molar-refractivity contribution is -0.0115. The molecule has 2 heterocycles. The molecule has 82 valence electrons. The summed E-state index contributed by atoms with van der Waals surface area (Å²) < 4.78 is 0. The maximum atomic E-state index is 5.55. The zero-order valence-corrected chi connectivity index (χ0v) is 9.29. The van der Waals surface area contributed by atoms with E-state index in [1.165, 1.54) is 0 Å². The minimum absolute atomic E-state index is 0.389. The molecule has 0 saturated carbocycles. The van der Waals surface area contributed by atoms with Gasteiger partial charge >= 0.3 is 0 Å². The van der Waals surface area contributed by atoms with Crippen molar-refractivity contribution in [3.63, 3.8) is 0 Å². The number of nitrogens with one attached hydrogen (secondary N) is 2. The molecule has 0 aromatic carbocycles. The molecule has 0 aromatic rings. The van der Waals surface area contributed by atoms with Gasteiger partial charge in [-0.1, -0.05) is 13.8 Å². The van der Waals surface area contributed by atoms with Crippen LogP contribution in [0.15, 0.2) is 0 Å². The van der Waals surface area contributed by atoms with Crippen LogP contribution >= 0.6 is 0 Å². The number of rotatable bonds is 2. The summed E-state index contributed by atoms with van der Waals surface area (Å²) in [5.41, 5.74) is 6.38. The van der Waals surface area contributed by atoms with Crippen molar-refractivity contribution in [2.24, 2.45) is 11.8 Å². The van der Waals surface area contributed by atoms with Crippen molar-refractivity contribution in [1.29, 1.82) is 0 Å². The van der Waals surface area contributed by atoms with Crippen LogP contribution in [0.5, 0.6) is 0 Å². The fourth-order valence-electron chi connectivity index (χ4n) is 2.78. The number of nitrogens with zero attached hydrogens (tertiary/aromatic N) is 1. The van der Waals surface area contributed by atoms with Gasteiger partial charge in [0.1, 0.15) is 0 Å². The molecular formula is C10H21N3O. The molecule has 3 atom stereocenters. The summed E-state index contributed by atoms with van der Waals surface area (Å²) in [5, 5.41) is 2.25. The second-order valence-electron chi connectivity index (χ2n) is 4.71. The lowest BCUT2D eigenvalue weighted by Gasteiger charge is -2.29. The first-order chi connectivity index (χ1) is 6.70. The normalized spacial score (nSPS) is 39.9. The van der Waals surface area contributed by atoms with Crippen LogP contribution in [0.25, 0.3) is 0 Å². The molecule has 0 amide bonds. The van der Waals surface area contributed by atoms with E-state index < -0.39 is 0 Å². The highest BCUT2D eigenvalue weighted by molar-refractivity contribution is 4.91. The number of hydrogen-bond donors (Lipinski definition) is 2. The van der Waals surface area contributed by atoms with Gasteiger partial charge in [0.15, 0.2) is 0 Å². The van der Waals surface area contributed by atoms with E-state index >= 15 is 0 Å². The summed E-state index contributed by atoms with van der Waals surface area (Å²) in [5.74, 6) is 1.29. The van der Waals surface area contributed by atoms with E-state index in [1.807, 2.05) is 0 Å². The molecule has 0 spiro atoms. The highest BCUT2D eigenvalue weighted by atomic mass is 16.7. The average molecular weight is 199 g/mol. The van der Waals surface area contributed by atoms with Crippen LogP contribution in [0.2, 0.25) is 0 Å². The maximum absolute atomic E-state index is 5.55. The van der Waals surface area contributed by atoms with Crippen LogP contribution in [-0.4, -0.2) is 37.3 Å². The summed E-state index contributed by atoms with van der Waals surface area (Å²) in [6, 6.07) is 0.597. The van der Waals surface area contributed by atoms with Gasteiger partial charge in [0.05, 0.1) is 6.10 Å². The minimum atomic E-state index is 0.389. The van der Waals surface area contributed by atoms with E-state index in [2.05, 4.69) is 36.8 Å². The Hall–Kier alpha value is -0.160. The average Bonchev–Trinajstić information content (AvgIpc) is 2.70. The molecule has 0 bridgehead atoms. The Morgan fingerprint density at radius 2 is 2.21 bits per heavy atom. The number of hydrazine groups is 1. The lowest BCUT2D eigenvalue weighted by atomic mass is 9.86. The highest BCUT2D eigenvalue weighted by Gasteiger charge is 2.40. The Morgan fingerprint density at radius 3 is 2.79 bits per heavy atom. The fraction of sp³-hybridized carbons (Fsp3) is 1.00. The SMILES string of the molecule is CC(C)C1C(C2CCNO2)CNN1C. The largest absolute Gasteiger partial charge is 0.298 e. The van der Waals surface area contributed by atoms with E-state index in [0.717, 1.165) is 19.5 Å². The van der Waals surface area contributed by atoms with Crippen molar-refractivity contribution >= 4 is 0 Å². The Bertz CT molecular complexity index is 192. The second kappa shape index (κ2) is 4.14. The summed E-state index contributed by atoms with van der Waals surface area (Å²) >= 11 is 0. The van der Waals surface area contributed by atoms with Crippen LogP contribution in [0.1, 0.15) is 20.3 Å². The van der Waals surface area contributed by atoms with E-state index in [4.69, 9.17) is 4.84 Å².